The van der Waals surface area contributed by atoms with Crippen LogP contribution >= 0.6 is 0 Å². The van der Waals surface area contributed by atoms with Gasteiger partial charge in [-0.2, -0.15) is 0 Å². The SMILES string of the molecule is CCCC1(C(=O)CCS(=O)(=O)CCC)CCNC1. The molecule has 0 aliphatic carbocycles. The van der Waals surface area contributed by atoms with Crippen LogP contribution in [0, 0.1) is 5.41 Å². The Bertz CT molecular complexity index is 370. The van der Waals surface area contributed by atoms with Gasteiger partial charge in [0.1, 0.15) is 5.78 Å². The summed E-state index contributed by atoms with van der Waals surface area (Å²) in [6, 6.07) is 0. The van der Waals surface area contributed by atoms with Crippen molar-refractivity contribution in [3.05, 3.63) is 0 Å². The van der Waals surface area contributed by atoms with Crippen molar-refractivity contribution in [1.29, 1.82) is 0 Å². The average Bonchev–Trinajstić information content (AvgIpc) is 2.76. The largest absolute Gasteiger partial charge is 0.316 e. The number of carbonyl (C=O) groups excluding carboxylic acids is 1. The molecule has 106 valence electrons. The standard InChI is InChI=1S/C13H25NO3S/c1-3-6-13(7-8-14-11-13)12(15)5-10-18(16,17)9-4-2/h14H,3-11H2,1-2H3. The van der Waals surface area contributed by atoms with Crippen molar-refractivity contribution in [3.8, 4) is 0 Å². The fraction of sp³-hybridized carbons (Fsp3) is 0.923. The summed E-state index contributed by atoms with van der Waals surface area (Å²) in [6.45, 7) is 5.50. The third kappa shape index (κ3) is 4.05. The van der Waals surface area contributed by atoms with Crippen LogP contribution in [-0.2, 0) is 14.6 Å². The van der Waals surface area contributed by atoms with E-state index in [-0.39, 0.29) is 29.1 Å². The molecule has 1 aliphatic rings. The molecule has 0 spiro atoms. The molecule has 1 heterocycles. The molecule has 0 aromatic heterocycles. The summed E-state index contributed by atoms with van der Waals surface area (Å²) in [4.78, 5) is 12.3. The third-order valence-corrected chi connectivity index (χ3v) is 5.58. The second-order valence-electron chi connectivity index (χ2n) is 5.28. The molecule has 1 unspecified atom stereocenters. The molecule has 0 amide bonds. The smallest absolute Gasteiger partial charge is 0.150 e. The highest BCUT2D eigenvalue weighted by Gasteiger charge is 2.39. The summed E-state index contributed by atoms with van der Waals surface area (Å²) >= 11 is 0. The summed E-state index contributed by atoms with van der Waals surface area (Å²) in [5.41, 5.74) is -0.295. The van der Waals surface area contributed by atoms with Crippen molar-refractivity contribution in [2.75, 3.05) is 24.6 Å². The first kappa shape index (κ1) is 15.6. The van der Waals surface area contributed by atoms with Crippen LogP contribution in [-0.4, -0.2) is 38.8 Å². The van der Waals surface area contributed by atoms with Gasteiger partial charge < -0.3 is 5.32 Å². The lowest BCUT2D eigenvalue weighted by Crippen LogP contribution is -2.34. The average molecular weight is 275 g/mol. The molecule has 1 fully saturated rings. The van der Waals surface area contributed by atoms with Gasteiger partial charge >= 0.3 is 0 Å². The molecular formula is C13H25NO3S. The lowest BCUT2D eigenvalue weighted by atomic mass is 9.77. The van der Waals surface area contributed by atoms with Crippen LogP contribution in [0.25, 0.3) is 0 Å². The fourth-order valence-electron chi connectivity index (χ4n) is 2.74. The molecule has 4 nitrogen and oxygen atoms in total. The quantitative estimate of drug-likeness (QED) is 0.730. The molecule has 1 aliphatic heterocycles. The molecule has 5 heteroatoms. The summed E-state index contributed by atoms with van der Waals surface area (Å²) in [5, 5.41) is 3.23. The Kier molecular flexibility index (Phi) is 5.79. The molecule has 0 saturated carbocycles. The summed E-state index contributed by atoms with van der Waals surface area (Å²) < 4.78 is 23.3. The Morgan fingerprint density at radius 1 is 1.22 bits per heavy atom. The number of hydrogen-bond donors (Lipinski definition) is 1. The Morgan fingerprint density at radius 2 is 1.94 bits per heavy atom. The maximum Gasteiger partial charge on any atom is 0.150 e. The van der Waals surface area contributed by atoms with E-state index in [0.717, 1.165) is 25.8 Å². The van der Waals surface area contributed by atoms with Gasteiger partial charge in [-0.25, -0.2) is 8.42 Å². The van der Waals surface area contributed by atoms with Crippen molar-refractivity contribution in [2.24, 2.45) is 5.41 Å². The highest BCUT2D eigenvalue weighted by molar-refractivity contribution is 7.91. The number of carbonyl (C=O) groups is 1. The van der Waals surface area contributed by atoms with Gasteiger partial charge in [-0.1, -0.05) is 20.3 Å². The first-order chi connectivity index (χ1) is 8.46. The lowest BCUT2D eigenvalue weighted by Gasteiger charge is -2.26. The molecule has 1 atom stereocenters. The van der Waals surface area contributed by atoms with Crippen molar-refractivity contribution in [3.63, 3.8) is 0 Å². The van der Waals surface area contributed by atoms with Gasteiger partial charge in [0.15, 0.2) is 9.84 Å². The monoisotopic (exact) mass is 275 g/mol. The lowest BCUT2D eigenvalue weighted by molar-refractivity contribution is -0.127. The maximum atomic E-state index is 12.3. The highest BCUT2D eigenvalue weighted by Crippen LogP contribution is 2.33. The summed E-state index contributed by atoms with van der Waals surface area (Å²) in [5.74, 6) is 0.346. The van der Waals surface area contributed by atoms with Gasteiger partial charge in [0, 0.05) is 24.1 Å². The van der Waals surface area contributed by atoms with E-state index in [0.29, 0.717) is 13.0 Å². The van der Waals surface area contributed by atoms with E-state index in [2.05, 4.69) is 12.2 Å². The zero-order valence-corrected chi connectivity index (χ0v) is 12.3. The number of nitrogens with one attached hydrogen (secondary N) is 1. The van der Waals surface area contributed by atoms with Crippen LogP contribution < -0.4 is 5.32 Å². The van der Waals surface area contributed by atoms with Crippen molar-refractivity contribution in [2.45, 2.75) is 46.0 Å². The van der Waals surface area contributed by atoms with Gasteiger partial charge in [0.05, 0.1) is 5.75 Å². The van der Waals surface area contributed by atoms with E-state index in [1.807, 2.05) is 6.92 Å². The van der Waals surface area contributed by atoms with Gasteiger partial charge in [-0.15, -0.1) is 0 Å². The molecular weight excluding hydrogens is 250 g/mol. The van der Waals surface area contributed by atoms with Crippen LogP contribution in [0.4, 0.5) is 0 Å². The number of rotatable bonds is 8. The molecule has 0 aromatic rings. The van der Waals surface area contributed by atoms with E-state index in [1.165, 1.54) is 0 Å². The molecule has 1 saturated heterocycles. The summed E-state index contributed by atoms with van der Waals surface area (Å²) in [6.07, 6.45) is 3.50. The van der Waals surface area contributed by atoms with Crippen LogP contribution in [0.3, 0.4) is 0 Å². The maximum absolute atomic E-state index is 12.3. The van der Waals surface area contributed by atoms with E-state index >= 15 is 0 Å². The second-order valence-corrected chi connectivity index (χ2v) is 7.59. The number of ketones is 1. The van der Waals surface area contributed by atoms with Crippen molar-refractivity contribution in [1.82, 2.24) is 5.32 Å². The summed E-state index contributed by atoms with van der Waals surface area (Å²) in [7, 11) is -3.04. The predicted octanol–water partition coefficient (Wildman–Crippen LogP) is 1.55. The topological polar surface area (TPSA) is 63.2 Å². The van der Waals surface area contributed by atoms with Crippen molar-refractivity contribution < 1.29 is 13.2 Å². The zero-order valence-electron chi connectivity index (χ0n) is 11.5. The van der Waals surface area contributed by atoms with E-state index in [1.54, 1.807) is 0 Å². The number of sulfone groups is 1. The minimum Gasteiger partial charge on any atom is -0.316 e. The Balaban J connectivity index is 2.58. The molecule has 0 aromatic carbocycles. The normalized spacial score (nSPS) is 24.3. The Morgan fingerprint density at radius 3 is 2.44 bits per heavy atom. The van der Waals surface area contributed by atoms with E-state index in [9.17, 15) is 13.2 Å². The van der Waals surface area contributed by atoms with Gasteiger partial charge in [0.25, 0.3) is 0 Å². The first-order valence-corrected chi connectivity index (χ1v) is 8.72. The minimum absolute atomic E-state index is 0.0190. The van der Waals surface area contributed by atoms with Gasteiger partial charge in [0.2, 0.25) is 0 Å². The third-order valence-electron chi connectivity index (χ3n) is 3.72. The molecule has 0 radical (unpaired) electrons. The van der Waals surface area contributed by atoms with Crippen molar-refractivity contribution >= 4 is 15.6 Å². The second kappa shape index (κ2) is 6.66. The molecule has 1 N–H and O–H groups in total. The fourth-order valence-corrected chi connectivity index (χ4v) is 4.06. The predicted molar refractivity (Wildman–Crippen MR) is 73.4 cm³/mol. The van der Waals surface area contributed by atoms with E-state index in [4.69, 9.17) is 0 Å². The Hall–Kier alpha value is -0.420. The molecule has 1 rings (SSSR count). The minimum atomic E-state index is -3.04. The molecule has 18 heavy (non-hydrogen) atoms. The Labute approximate surface area is 110 Å². The molecule has 0 bridgehead atoms. The van der Waals surface area contributed by atoms with Crippen LogP contribution in [0.1, 0.15) is 46.0 Å². The van der Waals surface area contributed by atoms with Gasteiger partial charge in [-0.3, -0.25) is 4.79 Å². The first-order valence-electron chi connectivity index (χ1n) is 6.90. The highest BCUT2D eigenvalue weighted by atomic mass is 32.2. The number of Topliss-reactive ketones (excluding diaryl/α,β-unsaturated/α-hetero) is 1. The van der Waals surface area contributed by atoms with Crippen LogP contribution in [0.15, 0.2) is 0 Å². The van der Waals surface area contributed by atoms with E-state index < -0.39 is 9.84 Å². The van der Waals surface area contributed by atoms with Crippen LogP contribution in [0.5, 0.6) is 0 Å². The number of hydrogen-bond acceptors (Lipinski definition) is 4. The zero-order chi connectivity index (χ0) is 13.6. The van der Waals surface area contributed by atoms with Gasteiger partial charge in [-0.05, 0) is 25.8 Å². The van der Waals surface area contributed by atoms with Crippen LogP contribution in [0.2, 0.25) is 0 Å².